The van der Waals surface area contributed by atoms with Gasteiger partial charge in [-0.25, -0.2) is 4.90 Å². The van der Waals surface area contributed by atoms with Crippen LogP contribution >= 0.6 is 0 Å². The molecule has 2 aromatic rings. The largest absolute Gasteiger partial charge is 0.497 e. The summed E-state index contributed by atoms with van der Waals surface area (Å²) >= 11 is 0. The second-order valence-corrected chi connectivity index (χ2v) is 10.00. The maximum atomic E-state index is 14.0. The summed E-state index contributed by atoms with van der Waals surface area (Å²) in [6.07, 6.45) is 3.83. The van der Waals surface area contributed by atoms with Crippen LogP contribution in [0.25, 0.3) is 6.08 Å². The van der Waals surface area contributed by atoms with Crippen LogP contribution in [0.1, 0.15) is 37.9 Å². The fraction of sp³-hybridized carbons (Fsp3) is 0.370. The number of hydrogen-bond acceptors (Lipinski definition) is 6. The third-order valence-electron chi connectivity index (χ3n) is 7.10. The molecule has 0 spiro atoms. The lowest BCUT2D eigenvalue weighted by Gasteiger charge is -2.37. The number of Topliss-reactive ketones (excluding diaryl/α,β-unsaturated/α-hetero) is 1. The van der Waals surface area contributed by atoms with E-state index in [0.29, 0.717) is 17.2 Å². The summed E-state index contributed by atoms with van der Waals surface area (Å²) in [6.45, 7) is 5.56. The lowest BCUT2D eigenvalue weighted by Crippen LogP contribution is -2.47. The second-order valence-electron chi connectivity index (χ2n) is 10.00. The summed E-state index contributed by atoms with van der Waals surface area (Å²) in [5, 5.41) is 0. The number of hydrogen-bond donors (Lipinski definition) is 0. The molecule has 176 valence electrons. The molecular formula is C27H28N2O5. The van der Waals surface area contributed by atoms with Crippen molar-refractivity contribution in [2.45, 2.75) is 32.9 Å². The van der Waals surface area contributed by atoms with E-state index in [0.717, 1.165) is 11.1 Å². The van der Waals surface area contributed by atoms with Crippen molar-refractivity contribution in [1.29, 1.82) is 0 Å². The molecule has 3 heterocycles. The highest BCUT2D eigenvalue weighted by atomic mass is 16.5. The van der Waals surface area contributed by atoms with Crippen molar-refractivity contribution in [1.82, 2.24) is 4.90 Å². The average molecular weight is 461 g/mol. The van der Waals surface area contributed by atoms with Crippen LogP contribution in [0.15, 0.2) is 48.7 Å². The van der Waals surface area contributed by atoms with Gasteiger partial charge in [0.1, 0.15) is 17.5 Å². The molecule has 0 aliphatic carbocycles. The molecule has 7 nitrogen and oxygen atoms in total. The first-order valence-electron chi connectivity index (χ1n) is 11.4. The Kier molecular flexibility index (Phi) is 5.04. The van der Waals surface area contributed by atoms with Gasteiger partial charge in [-0.1, -0.05) is 45.0 Å². The first kappa shape index (κ1) is 22.2. The molecule has 0 bridgehead atoms. The van der Waals surface area contributed by atoms with Crippen LogP contribution in [0.4, 0.5) is 5.69 Å². The van der Waals surface area contributed by atoms with Crippen molar-refractivity contribution in [3.63, 3.8) is 0 Å². The molecule has 0 saturated carbocycles. The molecule has 4 atom stereocenters. The first-order valence-corrected chi connectivity index (χ1v) is 11.4. The Labute approximate surface area is 198 Å². The smallest absolute Gasteiger partial charge is 0.240 e. The van der Waals surface area contributed by atoms with Crippen molar-refractivity contribution in [3.8, 4) is 11.5 Å². The van der Waals surface area contributed by atoms with Gasteiger partial charge in [-0.15, -0.1) is 0 Å². The van der Waals surface area contributed by atoms with Crippen LogP contribution in [-0.4, -0.2) is 42.8 Å². The Bertz CT molecular complexity index is 1230. The van der Waals surface area contributed by atoms with E-state index in [1.165, 1.54) is 19.1 Å². The van der Waals surface area contributed by atoms with Crippen molar-refractivity contribution in [3.05, 3.63) is 59.8 Å². The predicted molar refractivity (Wildman–Crippen MR) is 127 cm³/mol. The number of ketones is 1. The van der Waals surface area contributed by atoms with Crippen LogP contribution in [0.3, 0.4) is 0 Å². The zero-order chi connectivity index (χ0) is 24.4. The first-order chi connectivity index (χ1) is 16.2. The van der Waals surface area contributed by atoms with E-state index in [2.05, 4.69) is 0 Å². The normalized spacial score (nSPS) is 25.2. The Morgan fingerprint density at radius 1 is 0.941 bits per heavy atom. The molecule has 5 rings (SSSR count). The summed E-state index contributed by atoms with van der Waals surface area (Å²) < 4.78 is 10.8. The van der Waals surface area contributed by atoms with Gasteiger partial charge in [0.05, 0.1) is 37.8 Å². The molecular weight excluding hydrogens is 432 g/mol. The third kappa shape index (κ3) is 3.06. The van der Waals surface area contributed by atoms with Gasteiger partial charge in [0.15, 0.2) is 5.78 Å². The van der Waals surface area contributed by atoms with E-state index in [4.69, 9.17) is 9.47 Å². The highest BCUT2D eigenvalue weighted by Gasteiger charge is 2.65. The zero-order valence-corrected chi connectivity index (χ0v) is 19.9. The van der Waals surface area contributed by atoms with Crippen LogP contribution < -0.4 is 14.4 Å². The van der Waals surface area contributed by atoms with Gasteiger partial charge in [0.25, 0.3) is 0 Å². The van der Waals surface area contributed by atoms with Gasteiger partial charge >= 0.3 is 0 Å². The van der Waals surface area contributed by atoms with Gasteiger partial charge < -0.3 is 14.4 Å². The molecule has 0 aromatic heterocycles. The maximum Gasteiger partial charge on any atom is 0.240 e. The molecule has 34 heavy (non-hydrogen) atoms. The Morgan fingerprint density at radius 3 is 2.32 bits per heavy atom. The van der Waals surface area contributed by atoms with Gasteiger partial charge in [-0.2, -0.15) is 0 Å². The zero-order valence-electron chi connectivity index (χ0n) is 19.9. The van der Waals surface area contributed by atoms with E-state index >= 15 is 0 Å². The summed E-state index contributed by atoms with van der Waals surface area (Å²) in [4.78, 5) is 44.7. The molecule has 0 N–H and O–H groups in total. The van der Waals surface area contributed by atoms with Gasteiger partial charge in [0, 0.05) is 17.7 Å². The number of methoxy groups -OCH3 is 2. The fourth-order valence-electron chi connectivity index (χ4n) is 5.51. The number of rotatable bonds is 4. The monoisotopic (exact) mass is 460 g/mol. The van der Waals surface area contributed by atoms with Crippen molar-refractivity contribution >= 4 is 29.4 Å². The molecule has 2 aromatic carbocycles. The van der Waals surface area contributed by atoms with Crippen LogP contribution in [-0.2, 0) is 14.4 Å². The van der Waals surface area contributed by atoms with Crippen molar-refractivity contribution in [2.75, 3.05) is 19.1 Å². The van der Waals surface area contributed by atoms with Crippen LogP contribution in [0.5, 0.6) is 11.5 Å². The maximum absolute atomic E-state index is 14.0. The minimum atomic E-state index is -0.785. The third-order valence-corrected chi connectivity index (χ3v) is 7.10. The quantitative estimate of drug-likeness (QED) is 0.646. The number of ether oxygens (including phenoxy) is 2. The van der Waals surface area contributed by atoms with Crippen molar-refractivity contribution in [2.24, 2.45) is 17.3 Å². The number of carbonyl (C=O) groups is 3. The SMILES string of the molecule is COc1ccc(N2C(=O)[C@@H]3[C@H](C2=O)[C@H]2c4ccccc4C=CN2[C@@H]3C(=O)C(C)(C)C)c(OC)c1. The number of benzene rings is 2. The summed E-state index contributed by atoms with van der Waals surface area (Å²) in [7, 11) is 3.02. The minimum Gasteiger partial charge on any atom is -0.497 e. The number of anilines is 1. The molecule has 7 heteroatoms. The summed E-state index contributed by atoms with van der Waals surface area (Å²) in [6, 6.07) is 11.7. The van der Waals surface area contributed by atoms with Gasteiger partial charge in [-0.3, -0.25) is 14.4 Å². The molecule has 2 saturated heterocycles. The average Bonchev–Trinajstić information content (AvgIpc) is 3.30. The van der Waals surface area contributed by atoms with E-state index in [9.17, 15) is 14.4 Å². The minimum absolute atomic E-state index is 0.0567. The van der Waals surface area contributed by atoms with Gasteiger partial charge in [-0.05, 0) is 29.3 Å². The second kappa shape index (κ2) is 7.72. The molecule has 3 aliphatic rings. The lowest BCUT2D eigenvalue weighted by molar-refractivity contribution is -0.135. The number of nitrogens with zero attached hydrogens (tertiary/aromatic N) is 2. The Balaban J connectivity index is 1.66. The Morgan fingerprint density at radius 2 is 1.65 bits per heavy atom. The molecule has 0 radical (unpaired) electrons. The van der Waals surface area contributed by atoms with Gasteiger partial charge in [0.2, 0.25) is 11.8 Å². The molecule has 2 fully saturated rings. The molecule has 3 aliphatic heterocycles. The van der Waals surface area contributed by atoms with Crippen molar-refractivity contribution < 1.29 is 23.9 Å². The Hall–Kier alpha value is -3.61. The molecule has 0 unspecified atom stereocenters. The standard InChI is InChI=1S/C27H28N2O5/c1-27(2,3)24(30)23-21-20(22-17-9-7-6-8-15(17)12-13-28(22)23)25(31)29(26(21)32)18-11-10-16(33-4)14-19(18)34-5/h6-14,20-23H,1-5H3/t20-,21+,22+,23-/m0/s1. The van der Waals surface area contributed by atoms with E-state index in [1.807, 2.05) is 62.2 Å². The molecule has 2 amide bonds. The van der Waals surface area contributed by atoms with E-state index in [1.54, 1.807) is 18.2 Å². The number of imide groups is 1. The highest BCUT2D eigenvalue weighted by Crippen LogP contribution is 2.55. The number of carbonyl (C=O) groups excluding carboxylic acids is 3. The topological polar surface area (TPSA) is 76.2 Å². The summed E-state index contributed by atoms with van der Waals surface area (Å²) in [5.74, 6) is -1.30. The van der Waals surface area contributed by atoms with E-state index < -0.39 is 29.3 Å². The summed E-state index contributed by atoms with van der Waals surface area (Å²) in [5.41, 5.74) is 1.63. The van der Waals surface area contributed by atoms with Crippen LogP contribution in [0, 0.1) is 17.3 Å². The highest BCUT2D eigenvalue weighted by molar-refractivity contribution is 6.24. The lowest BCUT2D eigenvalue weighted by atomic mass is 9.79. The number of amides is 2. The predicted octanol–water partition coefficient (Wildman–Crippen LogP) is 3.83. The van der Waals surface area contributed by atoms with E-state index in [-0.39, 0.29) is 17.6 Å². The number of fused-ring (bicyclic) bond motifs is 5. The van der Waals surface area contributed by atoms with Crippen LogP contribution in [0.2, 0.25) is 0 Å². The fourth-order valence-corrected chi connectivity index (χ4v) is 5.51.